The van der Waals surface area contributed by atoms with Crippen LogP contribution >= 0.6 is 11.8 Å². The van der Waals surface area contributed by atoms with E-state index >= 15 is 0 Å². The van der Waals surface area contributed by atoms with Crippen LogP contribution in [0.5, 0.6) is 0 Å². The van der Waals surface area contributed by atoms with E-state index in [1.54, 1.807) is 0 Å². The van der Waals surface area contributed by atoms with Gasteiger partial charge in [-0.15, -0.1) is 0 Å². The summed E-state index contributed by atoms with van der Waals surface area (Å²) >= 11 is 1.96. The molecule has 0 spiro atoms. The Morgan fingerprint density at radius 1 is 1.11 bits per heavy atom. The van der Waals surface area contributed by atoms with Crippen molar-refractivity contribution in [3.8, 4) is 6.07 Å². The molecule has 19 heavy (non-hydrogen) atoms. The van der Waals surface area contributed by atoms with E-state index in [2.05, 4.69) is 35.7 Å². The first-order valence-electron chi connectivity index (χ1n) is 6.29. The van der Waals surface area contributed by atoms with Crippen molar-refractivity contribution in [2.45, 2.75) is 11.8 Å². The van der Waals surface area contributed by atoms with Crippen LogP contribution in [0.15, 0.2) is 48.5 Å². The van der Waals surface area contributed by atoms with Crippen molar-refractivity contribution < 1.29 is 0 Å². The third kappa shape index (κ3) is 2.59. The highest BCUT2D eigenvalue weighted by molar-refractivity contribution is 7.98. The maximum Gasteiger partial charge on any atom is 0.0991 e. The third-order valence-corrected chi connectivity index (χ3v) is 4.41. The first kappa shape index (κ1) is 12.1. The van der Waals surface area contributed by atoms with Crippen molar-refractivity contribution in [1.29, 1.82) is 5.26 Å². The predicted molar refractivity (Wildman–Crippen MR) is 80.1 cm³/mol. The van der Waals surface area contributed by atoms with E-state index < -0.39 is 0 Å². The number of nitrogens with zero attached hydrogens (tertiary/aromatic N) is 1. The minimum absolute atomic E-state index is 0.350. The van der Waals surface area contributed by atoms with E-state index in [0.717, 1.165) is 17.2 Å². The van der Waals surface area contributed by atoms with Gasteiger partial charge in [-0.2, -0.15) is 17.0 Å². The van der Waals surface area contributed by atoms with Gasteiger partial charge in [-0.3, -0.25) is 0 Å². The van der Waals surface area contributed by atoms with Gasteiger partial charge in [0, 0.05) is 17.2 Å². The maximum absolute atomic E-state index is 8.81. The zero-order valence-corrected chi connectivity index (χ0v) is 11.3. The van der Waals surface area contributed by atoms with Gasteiger partial charge in [-0.05, 0) is 35.4 Å². The van der Waals surface area contributed by atoms with E-state index in [9.17, 15) is 0 Å². The molecule has 3 rings (SSSR count). The molecule has 0 saturated heterocycles. The molecule has 0 radical (unpaired) electrons. The van der Waals surface area contributed by atoms with Crippen LogP contribution in [0.1, 0.15) is 22.7 Å². The zero-order chi connectivity index (χ0) is 13.1. The SMILES string of the molecule is N#Cc1ccc(NC2CSCc3ccccc32)cc1. The highest BCUT2D eigenvalue weighted by atomic mass is 32.2. The second-order valence-corrected chi connectivity index (χ2v) is 5.63. The lowest BCUT2D eigenvalue weighted by atomic mass is 10.0. The number of hydrogen-bond donors (Lipinski definition) is 1. The minimum Gasteiger partial charge on any atom is -0.377 e. The summed E-state index contributed by atoms with van der Waals surface area (Å²) in [5.74, 6) is 2.18. The van der Waals surface area contributed by atoms with Crippen molar-refractivity contribution in [2.24, 2.45) is 0 Å². The predicted octanol–water partition coefficient (Wildman–Crippen LogP) is 3.96. The quantitative estimate of drug-likeness (QED) is 0.893. The second-order valence-electron chi connectivity index (χ2n) is 4.60. The standard InChI is InChI=1S/C16H14N2S/c17-9-12-5-7-14(8-6-12)18-16-11-19-10-13-3-1-2-4-15(13)16/h1-8,16,18H,10-11H2. The summed E-state index contributed by atoms with van der Waals surface area (Å²) in [7, 11) is 0. The fourth-order valence-corrected chi connectivity index (χ4v) is 3.44. The molecule has 0 saturated carbocycles. The number of nitrogens with one attached hydrogen (secondary N) is 1. The number of nitriles is 1. The minimum atomic E-state index is 0.350. The molecule has 0 fully saturated rings. The molecule has 1 N–H and O–H groups in total. The Kier molecular flexibility index (Phi) is 3.43. The zero-order valence-electron chi connectivity index (χ0n) is 10.5. The van der Waals surface area contributed by atoms with Gasteiger partial charge in [0.25, 0.3) is 0 Å². The van der Waals surface area contributed by atoms with Gasteiger partial charge in [-0.25, -0.2) is 0 Å². The molecule has 0 bridgehead atoms. The lowest BCUT2D eigenvalue weighted by molar-refractivity contribution is 0.871. The van der Waals surface area contributed by atoms with Gasteiger partial charge in [0.1, 0.15) is 0 Å². The Balaban J connectivity index is 1.82. The highest BCUT2D eigenvalue weighted by Gasteiger charge is 2.19. The van der Waals surface area contributed by atoms with Crippen molar-refractivity contribution in [3.05, 3.63) is 65.2 Å². The number of rotatable bonds is 2. The molecule has 3 heteroatoms. The Hall–Kier alpha value is -1.92. The Morgan fingerprint density at radius 3 is 2.68 bits per heavy atom. The fourth-order valence-electron chi connectivity index (χ4n) is 2.34. The molecule has 1 aliphatic heterocycles. The summed E-state index contributed by atoms with van der Waals surface area (Å²) in [5.41, 5.74) is 4.58. The van der Waals surface area contributed by atoms with E-state index in [1.165, 1.54) is 11.1 Å². The molecule has 1 atom stereocenters. The highest BCUT2D eigenvalue weighted by Crippen LogP contribution is 2.33. The van der Waals surface area contributed by atoms with Crippen LogP contribution in [-0.4, -0.2) is 5.75 Å². The smallest absolute Gasteiger partial charge is 0.0991 e. The van der Waals surface area contributed by atoms with E-state index in [0.29, 0.717) is 11.6 Å². The molecular formula is C16H14N2S. The van der Waals surface area contributed by atoms with Crippen LogP contribution in [0, 0.1) is 11.3 Å². The van der Waals surface area contributed by atoms with E-state index in [-0.39, 0.29) is 0 Å². The summed E-state index contributed by atoms with van der Waals surface area (Å²) in [6.45, 7) is 0. The number of thioether (sulfide) groups is 1. The lowest BCUT2D eigenvalue weighted by Crippen LogP contribution is -2.18. The maximum atomic E-state index is 8.81. The summed E-state index contributed by atoms with van der Waals surface area (Å²) in [6.07, 6.45) is 0. The molecule has 1 heterocycles. The van der Waals surface area contributed by atoms with Crippen molar-refractivity contribution >= 4 is 17.4 Å². The molecule has 0 amide bonds. The summed E-state index contributed by atoms with van der Waals surface area (Å²) in [6, 6.07) is 18.7. The molecule has 0 aliphatic carbocycles. The molecule has 1 unspecified atom stereocenters. The molecular weight excluding hydrogens is 252 g/mol. The van der Waals surface area contributed by atoms with Gasteiger partial charge < -0.3 is 5.32 Å². The third-order valence-electron chi connectivity index (χ3n) is 3.33. The van der Waals surface area contributed by atoms with Crippen LogP contribution in [-0.2, 0) is 5.75 Å². The first-order chi connectivity index (χ1) is 9.36. The van der Waals surface area contributed by atoms with Gasteiger partial charge >= 0.3 is 0 Å². The number of fused-ring (bicyclic) bond motifs is 1. The lowest BCUT2D eigenvalue weighted by Gasteiger charge is -2.26. The monoisotopic (exact) mass is 266 g/mol. The molecule has 2 aromatic rings. The van der Waals surface area contributed by atoms with Crippen molar-refractivity contribution in [3.63, 3.8) is 0 Å². The summed E-state index contributed by atoms with van der Waals surface area (Å²) < 4.78 is 0. The van der Waals surface area contributed by atoms with Gasteiger partial charge in [0.05, 0.1) is 17.7 Å². The number of benzene rings is 2. The molecule has 1 aliphatic rings. The molecule has 2 nitrogen and oxygen atoms in total. The average molecular weight is 266 g/mol. The topological polar surface area (TPSA) is 35.8 Å². The van der Waals surface area contributed by atoms with Gasteiger partial charge in [0.15, 0.2) is 0 Å². The van der Waals surface area contributed by atoms with Gasteiger partial charge in [0.2, 0.25) is 0 Å². The average Bonchev–Trinajstić information content (AvgIpc) is 2.48. The number of anilines is 1. The van der Waals surface area contributed by atoms with E-state index in [4.69, 9.17) is 5.26 Å². The van der Waals surface area contributed by atoms with Crippen LogP contribution < -0.4 is 5.32 Å². The fraction of sp³-hybridized carbons (Fsp3) is 0.188. The van der Waals surface area contributed by atoms with Crippen LogP contribution in [0.25, 0.3) is 0 Å². The molecule has 2 aromatic carbocycles. The van der Waals surface area contributed by atoms with Crippen molar-refractivity contribution in [2.75, 3.05) is 11.1 Å². The molecule has 0 aromatic heterocycles. The number of hydrogen-bond acceptors (Lipinski definition) is 3. The Morgan fingerprint density at radius 2 is 1.89 bits per heavy atom. The Bertz CT molecular complexity index is 613. The van der Waals surface area contributed by atoms with Crippen LogP contribution in [0.3, 0.4) is 0 Å². The van der Waals surface area contributed by atoms with Crippen molar-refractivity contribution in [1.82, 2.24) is 0 Å². The van der Waals surface area contributed by atoms with Gasteiger partial charge in [-0.1, -0.05) is 24.3 Å². The molecule has 94 valence electrons. The second kappa shape index (κ2) is 5.38. The first-order valence-corrected chi connectivity index (χ1v) is 7.44. The summed E-state index contributed by atoms with van der Waals surface area (Å²) in [5, 5.41) is 12.4. The largest absolute Gasteiger partial charge is 0.377 e. The Labute approximate surface area is 117 Å². The van der Waals surface area contributed by atoms with E-state index in [1.807, 2.05) is 36.0 Å². The normalized spacial score (nSPS) is 17.3. The van der Waals surface area contributed by atoms with Crippen LogP contribution in [0.2, 0.25) is 0 Å². The summed E-state index contributed by atoms with van der Waals surface area (Å²) in [4.78, 5) is 0. The van der Waals surface area contributed by atoms with Crippen LogP contribution in [0.4, 0.5) is 5.69 Å².